The van der Waals surface area contributed by atoms with Crippen LogP contribution in [-0.4, -0.2) is 72.7 Å². The molecule has 0 amide bonds. The molecule has 38 heavy (non-hydrogen) atoms. The second-order valence-electron chi connectivity index (χ2n) is 11.6. The van der Waals surface area contributed by atoms with E-state index < -0.39 is 6.10 Å². The maximum atomic E-state index is 12.1. The summed E-state index contributed by atoms with van der Waals surface area (Å²) in [5.41, 5.74) is -0.0687. The number of thiophene rings is 1. The average molecular weight is 547 g/mol. The Kier molecular flexibility index (Phi) is 11.5. The maximum absolute atomic E-state index is 12.1. The van der Waals surface area contributed by atoms with E-state index in [9.17, 15) is 20.3 Å². The van der Waals surface area contributed by atoms with Gasteiger partial charge in [0.05, 0.1) is 37.4 Å². The summed E-state index contributed by atoms with van der Waals surface area (Å²) >= 11 is 1.75. The number of esters is 1. The van der Waals surface area contributed by atoms with Crippen molar-refractivity contribution >= 4 is 17.3 Å². The lowest BCUT2D eigenvalue weighted by molar-refractivity contribution is -0.144. The first kappa shape index (κ1) is 29.5. The van der Waals surface area contributed by atoms with E-state index in [0.29, 0.717) is 19.4 Å². The molecule has 8 heteroatoms. The number of nitrogens with zero attached hydrogens (tertiary/aromatic N) is 2. The second kappa shape index (κ2) is 14.8. The number of aliphatic hydroxyl groups excluding tert-OH is 2. The number of rotatable bonds is 15. The molecule has 1 aromatic heterocycles. The standard InChI is InChI=1S/C30H46N2O5S/c31-22-23-21-26(33)25(8-4-9-27(34)30(12-6-13-30)28-10-5-20-38-28)24(23)7-2-1-3-11-29(35)37-19-16-32-14-17-36-18-15-32/h5,10,20,23-27,33-34H,1-4,6-9,11-19,21H2/t23-,24-,25+,26+,27?/m0/s1. The molecule has 1 unspecified atom stereocenters. The van der Waals surface area contributed by atoms with Crippen LogP contribution in [0.15, 0.2) is 17.5 Å². The van der Waals surface area contributed by atoms with Crippen molar-refractivity contribution in [1.82, 2.24) is 4.90 Å². The van der Waals surface area contributed by atoms with Gasteiger partial charge in [-0.05, 0) is 68.2 Å². The van der Waals surface area contributed by atoms with Gasteiger partial charge in [0.25, 0.3) is 0 Å². The van der Waals surface area contributed by atoms with Crippen LogP contribution in [-0.2, 0) is 19.7 Å². The van der Waals surface area contributed by atoms with Crippen LogP contribution < -0.4 is 0 Å². The van der Waals surface area contributed by atoms with E-state index in [1.165, 1.54) is 11.3 Å². The zero-order valence-corrected chi connectivity index (χ0v) is 23.6. The van der Waals surface area contributed by atoms with Gasteiger partial charge in [0.2, 0.25) is 0 Å². The first-order valence-corrected chi connectivity index (χ1v) is 15.7. The number of hydrogen-bond acceptors (Lipinski definition) is 8. The fraction of sp³-hybridized carbons (Fsp3) is 0.800. The highest BCUT2D eigenvalue weighted by Gasteiger charge is 2.46. The molecule has 5 atom stereocenters. The zero-order chi connectivity index (χ0) is 26.8. The third-order valence-electron chi connectivity index (χ3n) is 9.33. The van der Waals surface area contributed by atoms with Crippen molar-refractivity contribution in [2.45, 2.75) is 94.7 Å². The summed E-state index contributed by atoms with van der Waals surface area (Å²) in [4.78, 5) is 15.6. The molecule has 1 aromatic rings. The van der Waals surface area contributed by atoms with Crippen molar-refractivity contribution in [2.75, 3.05) is 39.5 Å². The van der Waals surface area contributed by atoms with Gasteiger partial charge in [0.15, 0.2) is 0 Å². The lowest BCUT2D eigenvalue weighted by Gasteiger charge is -2.45. The Morgan fingerprint density at radius 3 is 2.68 bits per heavy atom. The van der Waals surface area contributed by atoms with E-state index >= 15 is 0 Å². The monoisotopic (exact) mass is 546 g/mol. The molecule has 1 aliphatic heterocycles. The Hall–Kier alpha value is -1.50. The van der Waals surface area contributed by atoms with Crippen molar-refractivity contribution in [3.63, 3.8) is 0 Å². The van der Waals surface area contributed by atoms with Crippen LogP contribution in [0.2, 0.25) is 0 Å². The second-order valence-corrected chi connectivity index (χ2v) is 12.5. The van der Waals surface area contributed by atoms with Crippen molar-refractivity contribution in [3.05, 3.63) is 22.4 Å². The highest BCUT2D eigenvalue weighted by atomic mass is 32.1. The summed E-state index contributed by atoms with van der Waals surface area (Å²) in [5, 5.41) is 33.7. The molecule has 2 aliphatic carbocycles. The lowest BCUT2D eigenvalue weighted by Crippen LogP contribution is -2.45. The van der Waals surface area contributed by atoms with E-state index in [1.54, 1.807) is 11.3 Å². The Labute approximate surface area is 232 Å². The minimum Gasteiger partial charge on any atom is -0.464 e. The van der Waals surface area contributed by atoms with Crippen LogP contribution in [0.5, 0.6) is 0 Å². The van der Waals surface area contributed by atoms with E-state index in [0.717, 1.165) is 90.6 Å². The van der Waals surface area contributed by atoms with Gasteiger partial charge in [-0.2, -0.15) is 5.26 Å². The van der Waals surface area contributed by atoms with Gasteiger partial charge in [0.1, 0.15) is 6.61 Å². The van der Waals surface area contributed by atoms with E-state index in [4.69, 9.17) is 9.47 Å². The number of aliphatic hydroxyl groups is 2. The lowest BCUT2D eigenvalue weighted by atomic mass is 9.63. The van der Waals surface area contributed by atoms with Crippen molar-refractivity contribution in [3.8, 4) is 6.07 Å². The number of carbonyl (C=O) groups excluding carboxylic acids is 1. The van der Waals surface area contributed by atoms with Crippen molar-refractivity contribution in [2.24, 2.45) is 17.8 Å². The molecule has 2 N–H and O–H groups in total. The molecular formula is C30H46N2O5S. The van der Waals surface area contributed by atoms with Crippen LogP contribution in [0.1, 0.15) is 81.9 Å². The van der Waals surface area contributed by atoms with Crippen LogP contribution in [0.25, 0.3) is 0 Å². The van der Waals surface area contributed by atoms with Crippen LogP contribution >= 0.6 is 11.3 Å². The van der Waals surface area contributed by atoms with E-state index in [2.05, 4.69) is 28.5 Å². The Bertz CT molecular complexity index is 878. The Morgan fingerprint density at radius 2 is 2.00 bits per heavy atom. The molecule has 212 valence electrons. The molecule has 3 aliphatic rings. The molecule has 1 saturated heterocycles. The number of hydrogen-bond donors (Lipinski definition) is 2. The quantitative estimate of drug-likeness (QED) is 0.244. The van der Waals surface area contributed by atoms with Crippen molar-refractivity contribution in [1.29, 1.82) is 5.26 Å². The fourth-order valence-corrected chi connectivity index (χ4v) is 7.90. The first-order valence-electron chi connectivity index (χ1n) is 14.8. The third-order valence-corrected chi connectivity index (χ3v) is 10.4. The first-order chi connectivity index (χ1) is 18.5. The maximum Gasteiger partial charge on any atom is 0.305 e. The van der Waals surface area contributed by atoms with Gasteiger partial charge < -0.3 is 19.7 Å². The van der Waals surface area contributed by atoms with Crippen LogP contribution in [0, 0.1) is 29.1 Å². The van der Waals surface area contributed by atoms with Gasteiger partial charge in [-0.1, -0.05) is 31.7 Å². The van der Waals surface area contributed by atoms with Gasteiger partial charge in [-0.15, -0.1) is 11.3 Å². The summed E-state index contributed by atoms with van der Waals surface area (Å²) < 4.78 is 10.7. The fourth-order valence-electron chi connectivity index (χ4n) is 6.86. The van der Waals surface area contributed by atoms with Gasteiger partial charge in [-0.3, -0.25) is 9.69 Å². The Balaban J connectivity index is 1.14. The van der Waals surface area contributed by atoms with Crippen LogP contribution in [0.3, 0.4) is 0 Å². The molecule has 4 rings (SSSR count). The normalized spacial score (nSPS) is 27.9. The van der Waals surface area contributed by atoms with Gasteiger partial charge in [0, 0.05) is 36.3 Å². The molecule has 0 spiro atoms. The highest BCUT2D eigenvalue weighted by Crippen LogP contribution is 2.50. The van der Waals surface area contributed by atoms with Crippen molar-refractivity contribution < 1.29 is 24.5 Å². The number of unbranched alkanes of at least 4 members (excludes halogenated alkanes) is 2. The third kappa shape index (κ3) is 7.57. The summed E-state index contributed by atoms with van der Waals surface area (Å²) in [7, 11) is 0. The predicted octanol–water partition coefficient (Wildman–Crippen LogP) is 4.66. The van der Waals surface area contributed by atoms with E-state index in [-0.39, 0.29) is 35.2 Å². The van der Waals surface area contributed by atoms with E-state index in [1.807, 2.05) is 0 Å². The summed E-state index contributed by atoms with van der Waals surface area (Å²) in [6.07, 6.45) is 9.58. The molecule has 2 heterocycles. The molecular weight excluding hydrogens is 500 g/mol. The minimum atomic E-state index is -0.432. The molecule has 7 nitrogen and oxygen atoms in total. The molecule has 0 radical (unpaired) electrons. The van der Waals surface area contributed by atoms with Gasteiger partial charge >= 0.3 is 5.97 Å². The zero-order valence-electron chi connectivity index (χ0n) is 22.8. The minimum absolute atomic E-state index is 0.0687. The SMILES string of the molecule is N#C[C@@H]1C[C@@H](O)[C@H](CCCC(O)C2(c3cccs3)CCC2)[C@H]1CCCCCC(=O)OCCN1CCOCC1. The average Bonchev–Trinajstić information content (AvgIpc) is 3.52. The van der Waals surface area contributed by atoms with Gasteiger partial charge in [-0.25, -0.2) is 0 Å². The smallest absolute Gasteiger partial charge is 0.305 e. The largest absolute Gasteiger partial charge is 0.464 e. The number of morpholine rings is 1. The Morgan fingerprint density at radius 1 is 1.21 bits per heavy atom. The predicted molar refractivity (Wildman–Crippen MR) is 148 cm³/mol. The molecule has 3 fully saturated rings. The summed E-state index contributed by atoms with van der Waals surface area (Å²) in [6.45, 7) is 4.49. The molecule has 2 saturated carbocycles. The highest BCUT2D eigenvalue weighted by molar-refractivity contribution is 7.10. The molecule has 0 bridgehead atoms. The summed E-state index contributed by atoms with van der Waals surface area (Å²) in [5.74, 6) is 0.0838. The number of nitriles is 1. The topological polar surface area (TPSA) is 103 Å². The number of carbonyl (C=O) groups is 1. The molecule has 0 aromatic carbocycles. The summed E-state index contributed by atoms with van der Waals surface area (Å²) in [6, 6.07) is 6.68. The number of ether oxygens (including phenoxy) is 2. The van der Waals surface area contributed by atoms with Crippen LogP contribution in [0.4, 0.5) is 0 Å².